The van der Waals surface area contributed by atoms with Crippen molar-refractivity contribution in [2.24, 2.45) is 0 Å². The Balaban J connectivity index is 2.10. The van der Waals surface area contributed by atoms with Gasteiger partial charge in [-0.3, -0.25) is 4.79 Å². The predicted octanol–water partition coefficient (Wildman–Crippen LogP) is 2.81. The van der Waals surface area contributed by atoms with Crippen LogP contribution in [0.5, 0.6) is 11.5 Å². The molecule has 24 heavy (non-hydrogen) atoms. The summed E-state index contributed by atoms with van der Waals surface area (Å²) in [5.41, 5.74) is 3.49. The number of fused-ring (bicyclic) bond motifs is 1. The lowest BCUT2D eigenvalue weighted by Crippen LogP contribution is -2.44. The number of hydrogen-bond acceptors (Lipinski definition) is 4. The van der Waals surface area contributed by atoms with Crippen molar-refractivity contribution >= 4 is 11.6 Å². The predicted molar refractivity (Wildman–Crippen MR) is 91.4 cm³/mol. The van der Waals surface area contributed by atoms with E-state index in [1.54, 1.807) is 31.1 Å². The Kier molecular flexibility index (Phi) is 4.44. The monoisotopic (exact) mass is 327 g/mol. The molecule has 0 aromatic heterocycles. The van der Waals surface area contributed by atoms with Gasteiger partial charge in [0.25, 0.3) is 5.91 Å². The van der Waals surface area contributed by atoms with Crippen LogP contribution >= 0.6 is 0 Å². The van der Waals surface area contributed by atoms with Gasteiger partial charge in [0.05, 0.1) is 25.9 Å². The van der Waals surface area contributed by atoms with Crippen LogP contribution < -0.4 is 14.4 Å². The molecule has 1 aliphatic heterocycles. The summed E-state index contributed by atoms with van der Waals surface area (Å²) < 4.78 is 11.2. The Labute approximate surface area is 141 Å². The van der Waals surface area contributed by atoms with Crippen molar-refractivity contribution in [3.05, 3.63) is 53.1 Å². The lowest BCUT2D eigenvalue weighted by molar-refractivity contribution is -0.125. The SMILES string of the molecule is COc1cc(CO)cc2c1OC(C)C(=O)N2Cc1ccccc1C. The van der Waals surface area contributed by atoms with Gasteiger partial charge in [-0.25, -0.2) is 0 Å². The average molecular weight is 327 g/mol. The number of hydrogen-bond donors (Lipinski definition) is 1. The Morgan fingerprint density at radius 1 is 1.29 bits per heavy atom. The Morgan fingerprint density at radius 2 is 2.04 bits per heavy atom. The van der Waals surface area contributed by atoms with E-state index in [0.717, 1.165) is 11.1 Å². The average Bonchev–Trinajstić information content (AvgIpc) is 2.59. The van der Waals surface area contributed by atoms with Crippen molar-refractivity contribution < 1.29 is 19.4 Å². The van der Waals surface area contributed by atoms with Gasteiger partial charge in [0, 0.05) is 0 Å². The zero-order valence-electron chi connectivity index (χ0n) is 14.1. The summed E-state index contributed by atoms with van der Waals surface area (Å²) in [6.45, 7) is 4.07. The second-order valence-corrected chi connectivity index (χ2v) is 5.92. The topological polar surface area (TPSA) is 59.0 Å². The van der Waals surface area contributed by atoms with Crippen molar-refractivity contribution in [2.75, 3.05) is 12.0 Å². The highest BCUT2D eigenvalue weighted by atomic mass is 16.5. The van der Waals surface area contributed by atoms with Crippen LogP contribution in [0.2, 0.25) is 0 Å². The Morgan fingerprint density at radius 3 is 2.71 bits per heavy atom. The van der Waals surface area contributed by atoms with Gasteiger partial charge in [0.15, 0.2) is 17.6 Å². The summed E-state index contributed by atoms with van der Waals surface area (Å²) in [6.07, 6.45) is -0.588. The van der Waals surface area contributed by atoms with Crippen LogP contribution in [0.3, 0.4) is 0 Å². The van der Waals surface area contributed by atoms with E-state index < -0.39 is 6.10 Å². The maximum absolute atomic E-state index is 12.7. The first kappa shape index (κ1) is 16.3. The van der Waals surface area contributed by atoms with Crippen molar-refractivity contribution in [1.29, 1.82) is 0 Å². The Bertz CT molecular complexity index is 772. The van der Waals surface area contributed by atoms with Gasteiger partial charge in [-0.15, -0.1) is 0 Å². The van der Waals surface area contributed by atoms with Crippen LogP contribution in [-0.4, -0.2) is 24.2 Å². The lowest BCUT2D eigenvalue weighted by Gasteiger charge is -2.34. The van der Waals surface area contributed by atoms with Gasteiger partial charge < -0.3 is 19.5 Å². The molecule has 0 aliphatic carbocycles. The van der Waals surface area contributed by atoms with Crippen LogP contribution in [-0.2, 0) is 17.9 Å². The number of ether oxygens (including phenoxy) is 2. The van der Waals surface area contributed by atoms with Gasteiger partial charge in [0.2, 0.25) is 0 Å². The van der Waals surface area contributed by atoms with Crippen molar-refractivity contribution in [3.63, 3.8) is 0 Å². The van der Waals surface area contributed by atoms with E-state index in [1.807, 2.05) is 31.2 Å². The maximum atomic E-state index is 12.7. The third kappa shape index (κ3) is 2.83. The highest BCUT2D eigenvalue weighted by Gasteiger charge is 2.34. The fourth-order valence-electron chi connectivity index (χ4n) is 2.89. The highest BCUT2D eigenvalue weighted by molar-refractivity contribution is 6.00. The van der Waals surface area contributed by atoms with Crippen LogP contribution in [0.4, 0.5) is 5.69 Å². The third-order valence-electron chi connectivity index (χ3n) is 4.29. The molecule has 126 valence electrons. The van der Waals surface area contributed by atoms with Gasteiger partial charge >= 0.3 is 0 Å². The molecular weight excluding hydrogens is 306 g/mol. The standard InChI is InChI=1S/C19H21NO4/c1-12-6-4-5-7-15(12)10-20-16-8-14(11-21)9-17(23-3)18(16)24-13(2)19(20)22/h4-9,13,21H,10-11H2,1-3H3. The highest BCUT2D eigenvalue weighted by Crippen LogP contribution is 2.43. The maximum Gasteiger partial charge on any atom is 0.268 e. The molecule has 0 bridgehead atoms. The fraction of sp³-hybridized carbons (Fsp3) is 0.316. The second-order valence-electron chi connectivity index (χ2n) is 5.92. The number of amides is 1. The van der Waals surface area contributed by atoms with Crippen molar-refractivity contribution in [2.45, 2.75) is 33.1 Å². The van der Waals surface area contributed by atoms with E-state index >= 15 is 0 Å². The van der Waals surface area contributed by atoms with Crippen LogP contribution in [0.1, 0.15) is 23.6 Å². The minimum atomic E-state index is -0.588. The molecule has 1 amide bonds. The smallest absolute Gasteiger partial charge is 0.268 e. The van der Waals surface area contributed by atoms with Gasteiger partial charge in [-0.1, -0.05) is 24.3 Å². The number of methoxy groups -OCH3 is 1. The number of aryl methyl sites for hydroxylation is 1. The number of carbonyl (C=O) groups is 1. The van der Waals surface area contributed by atoms with E-state index in [0.29, 0.717) is 29.3 Å². The number of benzene rings is 2. The Hall–Kier alpha value is -2.53. The van der Waals surface area contributed by atoms with E-state index in [-0.39, 0.29) is 12.5 Å². The number of anilines is 1. The summed E-state index contributed by atoms with van der Waals surface area (Å²) in [5, 5.41) is 9.50. The molecule has 1 atom stereocenters. The molecule has 5 heteroatoms. The zero-order chi connectivity index (χ0) is 17.3. The normalized spacial score (nSPS) is 16.6. The molecule has 0 fully saturated rings. The molecule has 2 aromatic rings. The molecular formula is C19H21NO4. The first-order valence-electron chi connectivity index (χ1n) is 7.89. The number of nitrogens with zero attached hydrogens (tertiary/aromatic N) is 1. The minimum Gasteiger partial charge on any atom is -0.493 e. The second kappa shape index (κ2) is 6.53. The van der Waals surface area contributed by atoms with Crippen LogP contribution in [0.25, 0.3) is 0 Å². The van der Waals surface area contributed by atoms with E-state index in [4.69, 9.17) is 9.47 Å². The molecule has 1 aliphatic rings. The summed E-state index contributed by atoms with van der Waals surface area (Å²) in [5.74, 6) is 0.948. The largest absolute Gasteiger partial charge is 0.493 e. The molecule has 1 N–H and O–H groups in total. The number of aliphatic hydroxyl groups excluding tert-OH is 1. The van der Waals surface area contributed by atoms with Crippen LogP contribution in [0.15, 0.2) is 36.4 Å². The molecule has 0 saturated carbocycles. The number of rotatable bonds is 4. The summed E-state index contributed by atoms with van der Waals surface area (Å²) in [6, 6.07) is 11.5. The summed E-state index contributed by atoms with van der Waals surface area (Å²) >= 11 is 0. The molecule has 1 unspecified atom stereocenters. The summed E-state index contributed by atoms with van der Waals surface area (Å²) in [4.78, 5) is 14.4. The quantitative estimate of drug-likeness (QED) is 0.938. The molecule has 0 radical (unpaired) electrons. The lowest BCUT2D eigenvalue weighted by atomic mass is 10.1. The molecule has 5 nitrogen and oxygen atoms in total. The number of carbonyl (C=O) groups excluding carboxylic acids is 1. The molecule has 1 heterocycles. The van der Waals surface area contributed by atoms with E-state index in [2.05, 4.69) is 0 Å². The summed E-state index contributed by atoms with van der Waals surface area (Å²) in [7, 11) is 1.55. The van der Waals surface area contributed by atoms with E-state index in [9.17, 15) is 9.90 Å². The fourth-order valence-corrected chi connectivity index (χ4v) is 2.89. The first-order chi connectivity index (χ1) is 11.5. The zero-order valence-corrected chi connectivity index (χ0v) is 14.1. The van der Waals surface area contributed by atoms with E-state index in [1.165, 1.54) is 0 Å². The third-order valence-corrected chi connectivity index (χ3v) is 4.29. The molecule has 0 saturated heterocycles. The minimum absolute atomic E-state index is 0.108. The first-order valence-corrected chi connectivity index (χ1v) is 7.89. The molecule has 2 aromatic carbocycles. The molecule has 3 rings (SSSR count). The van der Waals surface area contributed by atoms with Crippen molar-refractivity contribution in [3.8, 4) is 11.5 Å². The van der Waals surface area contributed by atoms with Gasteiger partial charge in [-0.2, -0.15) is 0 Å². The van der Waals surface area contributed by atoms with Gasteiger partial charge in [-0.05, 0) is 42.7 Å². The van der Waals surface area contributed by atoms with Gasteiger partial charge in [0.1, 0.15) is 0 Å². The molecule has 0 spiro atoms. The number of aliphatic hydroxyl groups is 1. The van der Waals surface area contributed by atoms with Crippen molar-refractivity contribution in [1.82, 2.24) is 0 Å². The van der Waals surface area contributed by atoms with Crippen LogP contribution in [0, 0.1) is 6.92 Å².